The zero-order valence-corrected chi connectivity index (χ0v) is 10.6. The smallest absolute Gasteiger partial charge is 0.550 e. The first kappa shape index (κ1) is 19.3. The van der Waals surface area contributed by atoms with E-state index >= 15 is 0 Å². The second-order valence-corrected chi connectivity index (χ2v) is 1.93. The number of rotatable bonds is 3. The van der Waals surface area contributed by atoms with Gasteiger partial charge in [-0.05, 0) is 19.4 Å². The Balaban J connectivity index is -0.000000177. The molecule has 0 fully saturated rings. The molecule has 0 radical (unpaired) electrons. The summed E-state index contributed by atoms with van der Waals surface area (Å²) in [5, 5.41) is 18.9. The number of aliphatic carboxylic acids is 2. The average Bonchev–Trinajstić information content (AvgIpc) is 2.05. The first-order valence-corrected chi connectivity index (χ1v) is 3.74. The third-order valence-corrected chi connectivity index (χ3v) is 0.825. The van der Waals surface area contributed by atoms with Crippen molar-refractivity contribution in [3.63, 3.8) is 0 Å². The van der Waals surface area contributed by atoms with Gasteiger partial charge in [0.2, 0.25) is 0 Å². The maximum atomic E-state index is 9.64. The maximum absolute atomic E-state index is 9.64. The van der Waals surface area contributed by atoms with E-state index in [2.05, 4.69) is 0 Å². The van der Waals surface area contributed by atoms with Gasteiger partial charge < -0.3 is 19.8 Å². The minimum absolute atomic E-state index is 0. The molecule has 4 nitrogen and oxygen atoms in total. The molecule has 0 saturated heterocycles. The first-order valence-electron chi connectivity index (χ1n) is 3.74. The van der Waals surface area contributed by atoms with Gasteiger partial charge in [-0.25, -0.2) is 0 Å². The molecule has 0 heterocycles. The maximum Gasteiger partial charge on any atom is 2.00 e. The van der Waals surface area contributed by atoms with Crippen LogP contribution in [0.5, 0.6) is 0 Å². The van der Waals surface area contributed by atoms with Gasteiger partial charge in [-0.2, -0.15) is 0 Å². The van der Waals surface area contributed by atoms with Crippen molar-refractivity contribution in [3.05, 3.63) is 24.3 Å². The van der Waals surface area contributed by atoms with E-state index in [0.717, 1.165) is 6.08 Å². The minimum Gasteiger partial charge on any atom is -0.550 e. The second-order valence-electron chi connectivity index (χ2n) is 1.93. The molecule has 0 aliphatic heterocycles. The molecule has 0 spiro atoms. The van der Waals surface area contributed by atoms with Crippen molar-refractivity contribution >= 4 is 49.7 Å². The largest absolute Gasteiger partial charge is 2.00 e. The standard InChI is InChI=1S/C6H8O2.C3H6O2.Ca/c1-2-3-4-5-6(7)8;1-2-3(4)5;/h2-5H,1H3,(H,7,8);2H2,1H3,(H,4,5);/q;;+2/p-2. The Labute approximate surface area is 113 Å². The van der Waals surface area contributed by atoms with Crippen molar-refractivity contribution in [3.8, 4) is 0 Å². The number of hydrogen-bond donors (Lipinski definition) is 0. The van der Waals surface area contributed by atoms with Crippen LogP contribution < -0.4 is 10.2 Å². The summed E-state index contributed by atoms with van der Waals surface area (Å²) in [6.45, 7) is 3.34. The SMILES string of the molecule is CC=CC=CC(=O)[O-].CCC(=O)[O-].[Ca+2]. The normalized spacial score (nSPS) is 9.00. The summed E-state index contributed by atoms with van der Waals surface area (Å²) in [6.07, 6.45) is 5.85. The van der Waals surface area contributed by atoms with Gasteiger partial charge in [0.05, 0.1) is 5.97 Å². The molecule has 0 atom stereocenters. The van der Waals surface area contributed by atoms with E-state index in [-0.39, 0.29) is 44.2 Å². The van der Waals surface area contributed by atoms with Crippen LogP contribution in [0.3, 0.4) is 0 Å². The van der Waals surface area contributed by atoms with Crippen molar-refractivity contribution in [2.24, 2.45) is 0 Å². The van der Waals surface area contributed by atoms with Gasteiger partial charge in [0.1, 0.15) is 0 Å². The zero-order valence-electron chi connectivity index (χ0n) is 8.36. The first-order chi connectivity index (χ1) is 6.04. The monoisotopic (exact) mass is 224 g/mol. The third kappa shape index (κ3) is 29.9. The van der Waals surface area contributed by atoms with Gasteiger partial charge in [0.25, 0.3) is 0 Å². The van der Waals surface area contributed by atoms with E-state index < -0.39 is 11.9 Å². The van der Waals surface area contributed by atoms with Crippen LogP contribution in [0.25, 0.3) is 0 Å². The Morgan fingerprint density at radius 3 is 1.86 bits per heavy atom. The molecule has 14 heavy (non-hydrogen) atoms. The number of allylic oxidation sites excluding steroid dienone is 3. The van der Waals surface area contributed by atoms with Gasteiger partial charge in [0, 0.05) is 5.97 Å². The van der Waals surface area contributed by atoms with Crippen LogP contribution in [0.1, 0.15) is 20.3 Å². The molecule has 0 amide bonds. The molecule has 0 aromatic rings. The van der Waals surface area contributed by atoms with Gasteiger partial charge in [-0.15, -0.1) is 0 Å². The van der Waals surface area contributed by atoms with Crippen LogP contribution >= 0.6 is 0 Å². The van der Waals surface area contributed by atoms with E-state index in [9.17, 15) is 19.8 Å². The van der Waals surface area contributed by atoms with Gasteiger partial charge in [-0.1, -0.05) is 25.2 Å². The van der Waals surface area contributed by atoms with Crippen LogP contribution in [0.15, 0.2) is 24.3 Å². The molecule has 0 rings (SSSR count). The summed E-state index contributed by atoms with van der Waals surface area (Å²) in [7, 11) is 0. The number of hydrogen-bond acceptors (Lipinski definition) is 4. The number of carbonyl (C=O) groups excluding carboxylic acids is 2. The summed E-state index contributed by atoms with van der Waals surface area (Å²) in [6, 6.07) is 0. The van der Waals surface area contributed by atoms with Crippen molar-refractivity contribution in [1.82, 2.24) is 0 Å². The Bertz CT molecular complexity index is 209. The zero-order chi connectivity index (χ0) is 10.7. The van der Waals surface area contributed by atoms with Gasteiger partial charge in [0.15, 0.2) is 0 Å². The van der Waals surface area contributed by atoms with Crippen LogP contribution in [0.4, 0.5) is 0 Å². The molecule has 0 aromatic heterocycles. The number of carboxylic acid groups (broad SMARTS) is 2. The quantitative estimate of drug-likeness (QED) is 0.337. The summed E-state index contributed by atoms with van der Waals surface area (Å²) in [5.74, 6) is -2.16. The molecule has 0 aliphatic carbocycles. The molecule has 0 aromatic carbocycles. The van der Waals surface area contributed by atoms with Gasteiger partial charge >= 0.3 is 37.7 Å². The average molecular weight is 224 g/mol. The summed E-state index contributed by atoms with van der Waals surface area (Å²) < 4.78 is 0. The Morgan fingerprint density at radius 1 is 1.21 bits per heavy atom. The van der Waals surface area contributed by atoms with E-state index in [1.54, 1.807) is 19.1 Å². The number of carboxylic acids is 2. The van der Waals surface area contributed by atoms with Crippen molar-refractivity contribution in [2.45, 2.75) is 20.3 Å². The molecule has 0 bridgehead atoms. The second kappa shape index (κ2) is 15.2. The summed E-state index contributed by atoms with van der Waals surface area (Å²) in [5.41, 5.74) is 0. The molecule has 5 heteroatoms. The molecule has 0 saturated carbocycles. The Hall–Kier alpha value is -0.320. The van der Waals surface area contributed by atoms with Crippen LogP contribution in [0.2, 0.25) is 0 Å². The topological polar surface area (TPSA) is 80.3 Å². The van der Waals surface area contributed by atoms with Crippen molar-refractivity contribution in [2.75, 3.05) is 0 Å². The molecule has 0 unspecified atom stereocenters. The molecular weight excluding hydrogens is 212 g/mol. The van der Waals surface area contributed by atoms with Crippen molar-refractivity contribution in [1.29, 1.82) is 0 Å². The fourth-order valence-electron chi connectivity index (χ4n) is 0.245. The minimum atomic E-state index is -1.16. The van der Waals surface area contributed by atoms with Gasteiger partial charge in [-0.3, -0.25) is 0 Å². The Morgan fingerprint density at radius 2 is 1.64 bits per heavy atom. The van der Waals surface area contributed by atoms with Crippen molar-refractivity contribution < 1.29 is 19.8 Å². The van der Waals surface area contributed by atoms with E-state index in [4.69, 9.17) is 0 Å². The fourth-order valence-corrected chi connectivity index (χ4v) is 0.245. The number of carbonyl (C=O) groups is 2. The predicted molar refractivity (Wildman–Crippen MR) is 50.0 cm³/mol. The molecule has 0 N–H and O–H groups in total. The van der Waals surface area contributed by atoms with E-state index in [1.807, 2.05) is 0 Å². The predicted octanol–water partition coefficient (Wildman–Crippen LogP) is -1.37. The molecule has 74 valence electrons. The summed E-state index contributed by atoms with van der Waals surface area (Å²) in [4.78, 5) is 18.9. The molecular formula is C9H12CaO4. The molecule has 0 aliphatic rings. The van der Waals surface area contributed by atoms with E-state index in [1.165, 1.54) is 13.0 Å². The third-order valence-electron chi connectivity index (χ3n) is 0.825. The van der Waals surface area contributed by atoms with Crippen LogP contribution in [0, 0.1) is 0 Å². The summed E-state index contributed by atoms with van der Waals surface area (Å²) >= 11 is 0. The van der Waals surface area contributed by atoms with Crippen LogP contribution in [-0.4, -0.2) is 49.7 Å². The fraction of sp³-hybridized carbons (Fsp3) is 0.333. The van der Waals surface area contributed by atoms with Crippen LogP contribution in [-0.2, 0) is 9.59 Å². The van der Waals surface area contributed by atoms with E-state index in [0.29, 0.717) is 0 Å². The Kier molecular flexibility index (Phi) is 20.9.